The quantitative estimate of drug-likeness (QED) is 0.907. The first-order valence-corrected chi connectivity index (χ1v) is 7.82. The number of hydrogen-bond donors (Lipinski definition) is 1. The molecule has 1 aromatic heterocycles. The van der Waals surface area contributed by atoms with E-state index in [1.54, 1.807) is 0 Å². The van der Waals surface area contributed by atoms with Gasteiger partial charge < -0.3 is 4.74 Å². The van der Waals surface area contributed by atoms with Crippen molar-refractivity contribution >= 4 is 6.08 Å². The average Bonchev–Trinajstić information content (AvgIpc) is 3.07. The number of aromatic nitrogens is 2. The van der Waals surface area contributed by atoms with Crippen molar-refractivity contribution in [3.05, 3.63) is 39.2 Å². The third kappa shape index (κ3) is 6.58. The molecule has 5 heteroatoms. The Morgan fingerprint density at radius 3 is 2.24 bits per heavy atom. The number of ether oxygens (including phenoxy) is 1. The van der Waals surface area contributed by atoms with Gasteiger partial charge in [0, 0.05) is 12.8 Å². The van der Waals surface area contributed by atoms with E-state index in [1.807, 2.05) is 41.5 Å². The SMILES string of the molecule is C=Cc1cn(C2CCCO2)c(=O)[nH]c1=O.CC.CC.CC. The summed E-state index contributed by atoms with van der Waals surface area (Å²) in [7, 11) is 0. The molecule has 0 spiro atoms. The smallest absolute Gasteiger partial charge is 0.330 e. The van der Waals surface area contributed by atoms with Crippen LogP contribution in [-0.2, 0) is 4.74 Å². The Kier molecular flexibility index (Phi) is 13.8. The predicted molar refractivity (Wildman–Crippen MR) is 89.7 cm³/mol. The topological polar surface area (TPSA) is 64.1 Å². The summed E-state index contributed by atoms with van der Waals surface area (Å²) in [6, 6.07) is 0. The second-order valence-electron chi connectivity index (χ2n) is 3.42. The van der Waals surface area contributed by atoms with Crippen molar-refractivity contribution in [2.45, 2.75) is 60.6 Å². The zero-order chi connectivity index (χ0) is 16.8. The second-order valence-corrected chi connectivity index (χ2v) is 3.42. The molecule has 1 N–H and O–H groups in total. The maximum absolute atomic E-state index is 11.5. The van der Waals surface area contributed by atoms with Gasteiger partial charge in [0.1, 0.15) is 6.23 Å². The Hall–Kier alpha value is -1.62. The van der Waals surface area contributed by atoms with Gasteiger partial charge in [-0.2, -0.15) is 0 Å². The first kappa shape index (κ1) is 21.7. The van der Waals surface area contributed by atoms with Crippen molar-refractivity contribution in [2.24, 2.45) is 0 Å². The summed E-state index contributed by atoms with van der Waals surface area (Å²) in [5.74, 6) is 0. The molecule has 0 radical (unpaired) electrons. The van der Waals surface area contributed by atoms with Crippen molar-refractivity contribution < 1.29 is 4.74 Å². The molecule has 1 aliphatic heterocycles. The van der Waals surface area contributed by atoms with Gasteiger partial charge in [0.25, 0.3) is 5.56 Å². The van der Waals surface area contributed by atoms with Gasteiger partial charge in [0.05, 0.1) is 5.56 Å². The molecule has 1 fully saturated rings. The fourth-order valence-electron chi connectivity index (χ4n) is 1.64. The molecule has 0 saturated carbocycles. The van der Waals surface area contributed by atoms with Crippen LogP contribution >= 0.6 is 0 Å². The number of nitrogens with zero attached hydrogens (tertiary/aromatic N) is 1. The molecule has 0 aromatic carbocycles. The summed E-state index contributed by atoms with van der Waals surface area (Å²) in [4.78, 5) is 25.0. The van der Waals surface area contributed by atoms with Crippen molar-refractivity contribution in [1.82, 2.24) is 9.55 Å². The van der Waals surface area contributed by atoms with Crippen LogP contribution in [0.5, 0.6) is 0 Å². The van der Waals surface area contributed by atoms with Crippen LogP contribution < -0.4 is 11.2 Å². The first-order chi connectivity index (χ1) is 10.2. The molecule has 1 unspecified atom stereocenters. The Balaban J connectivity index is 0. The van der Waals surface area contributed by atoms with Gasteiger partial charge in [-0.25, -0.2) is 4.79 Å². The normalized spacial score (nSPS) is 15.4. The minimum Gasteiger partial charge on any atom is -0.358 e. The summed E-state index contributed by atoms with van der Waals surface area (Å²) < 4.78 is 6.77. The van der Waals surface area contributed by atoms with Crippen molar-refractivity contribution in [3.8, 4) is 0 Å². The van der Waals surface area contributed by atoms with Crippen LogP contribution in [0.2, 0.25) is 0 Å². The molecular weight excluding hydrogens is 268 g/mol. The Morgan fingerprint density at radius 2 is 1.81 bits per heavy atom. The highest BCUT2D eigenvalue weighted by molar-refractivity contribution is 5.43. The molecule has 0 bridgehead atoms. The number of rotatable bonds is 2. The molecule has 1 aromatic rings. The lowest BCUT2D eigenvalue weighted by Crippen LogP contribution is -2.33. The third-order valence-electron chi connectivity index (χ3n) is 2.43. The molecule has 122 valence electrons. The zero-order valence-corrected chi connectivity index (χ0v) is 14.2. The minimum atomic E-state index is -0.433. The van der Waals surface area contributed by atoms with Gasteiger partial charge in [-0.1, -0.05) is 54.2 Å². The van der Waals surface area contributed by atoms with Gasteiger partial charge in [0.2, 0.25) is 0 Å². The van der Waals surface area contributed by atoms with Gasteiger partial charge in [0.15, 0.2) is 0 Å². The maximum Gasteiger partial charge on any atom is 0.330 e. The maximum atomic E-state index is 11.5. The molecular formula is C16H30N2O3. The lowest BCUT2D eigenvalue weighted by Gasteiger charge is -2.12. The summed E-state index contributed by atoms with van der Waals surface area (Å²) >= 11 is 0. The molecule has 21 heavy (non-hydrogen) atoms. The summed E-state index contributed by atoms with van der Waals surface area (Å²) in [5, 5.41) is 0. The van der Waals surface area contributed by atoms with Crippen molar-refractivity contribution in [3.63, 3.8) is 0 Å². The van der Waals surface area contributed by atoms with Gasteiger partial charge in [-0.05, 0) is 12.8 Å². The first-order valence-electron chi connectivity index (χ1n) is 7.82. The molecule has 1 saturated heterocycles. The second kappa shape index (κ2) is 13.4. The molecule has 5 nitrogen and oxygen atoms in total. The van der Waals surface area contributed by atoms with Crippen LogP contribution in [-0.4, -0.2) is 16.2 Å². The highest BCUT2D eigenvalue weighted by atomic mass is 16.5. The van der Waals surface area contributed by atoms with Gasteiger partial charge in [-0.3, -0.25) is 14.3 Å². The van der Waals surface area contributed by atoms with Crippen LogP contribution in [0.25, 0.3) is 6.08 Å². The highest BCUT2D eigenvalue weighted by Gasteiger charge is 2.19. The largest absolute Gasteiger partial charge is 0.358 e. The highest BCUT2D eigenvalue weighted by Crippen LogP contribution is 2.20. The van der Waals surface area contributed by atoms with Crippen LogP contribution in [0.3, 0.4) is 0 Å². The molecule has 1 atom stereocenters. The van der Waals surface area contributed by atoms with E-state index < -0.39 is 11.2 Å². The zero-order valence-electron chi connectivity index (χ0n) is 14.2. The monoisotopic (exact) mass is 298 g/mol. The molecule has 0 aliphatic carbocycles. The van der Waals surface area contributed by atoms with Gasteiger partial charge in [-0.15, -0.1) is 0 Å². The van der Waals surface area contributed by atoms with Gasteiger partial charge >= 0.3 is 5.69 Å². The Bertz CT molecular complexity index is 483. The van der Waals surface area contributed by atoms with E-state index in [2.05, 4.69) is 11.6 Å². The van der Waals surface area contributed by atoms with Crippen molar-refractivity contribution in [2.75, 3.05) is 6.61 Å². The lowest BCUT2D eigenvalue weighted by atomic mass is 10.3. The van der Waals surface area contributed by atoms with E-state index in [0.29, 0.717) is 12.2 Å². The van der Waals surface area contributed by atoms with E-state index >= 15 is 0 Å². The van der Waals surface area contributed by atoms with E-state index in [-0.39, 0.29) is 6.23 Å². The average molecular weight is 298 g/mol. The van der Waals surface area contributed by atoms with Crippen LogP contribution in [0.4, 0.5) is 0 Å². The Labute approximate surface area is 127 Å². The van der Waals surface area contributed by atoms with Crippen LogP contribution in [0.1, 0.15) is 66.2 Å². The number of H-pyrrole nitrogens is 1. The number of hydrogen-bond acceptors (Lipinski definition) is 3. The van der Waals surface area contributed by atoms with Crippen LogP contribution in [0, 0.1) is 0 Å². The molecule has 0 amide bonds. The predicted octanol–water partition coefficient (Wildman–Crippen LogP) is 3.57. The molecule has 1 aliphatic rings. The van der Waals surface area contributed by atoms with E-state index in [9.17, 15) is 9.59 Å². The fourth-order valence-corrected chi connectivity index (χ4v) is 1.64. The Morgan fingerprint density at radius 1 is 1.24 bits per heavy atom. The van der Waals surface area contributed by atoms with E-state index in [1.165, 1.54) is 16.8 Å². The third-order valence-corrected chi connectivity index (χ3v) is 2.43. The minimum absolute atomic E-state index is 0.256. The number of nitrogens with one attached hydrogen (secondary N) is 1. The fraction of sp³-hybridized carbons (Fsp3) is 0.625. The summed E-state index contributed by atoms with van der Waals surface area (Å²) in [6.07, 6.45) is 4.38. The lowest BCUT2D eigenvalue weighted by molar-refractivity contribution is 0.0525. The standard InChI is InChI=1S/C10H12N2O3.3C2H6/c1-2-7-6-12(8-4-3-5-15-8)10(14)11-9(7)13;3*1-2/h2,6,8H,1,3-5H2,(H,11,13,14);3*1-2H3. The molecule has 2 heterocycles. The number of aromatic amines is 1. The van der Waals surface area contributed by atoms with E-state index in [4.69, 9.17) is 4.74 Å². The van der Waals surface area contributed by atoms with E-state index in [0.717, 1.165) is 12.8 Å². The summed E-state index contributed by atoms with van der Waals surface area (Å²) in [6.45, 7) is 16.2. The molecule has 2 rings (SSSR count). The summed E-state index contributed by atoms with van der Waals surface area (Å²) in [5.41, 5.74) is -0.466. The van der Waals surface area contributed by atoms with Crippen molar-refractivity contribution in [1.29, 1.82) is 0 Å². The van der Waals surface area contributed by atoms with Crippen LogP contribution in [0.15, 0.2) is 22.4 Å².